The van der Waals surface area contributed by atoms with Crippen LogP contribution in [0.1, 0.15) is 22.0 Å². The van der Waals surface area contributed by atoms with Crippen molar-refractivity contribution in [3.63, 3.8) is 0 Å². The molecule has 146 valence electrons. The number of anilines is 1. The normalized spacial score (nSPS) is 28.1. The highest BCUT2D eigenvalue weighted by Crippen LogP contribution is 2.51. The first-order chi connectivity index (χ1) is 13.9. The molecular weight excluding hydrogens is 394 g/mol. The van der Waals surface area contributed by atoms with Gasteiger partial charge in [0.25, 0.3) is 5.91 Å². The smallest absolute Gasteiger partial charge is 0.257 e. The van der Waals surface area contributed by atoms with Crippen LogP contribution in [0.3, 0.4) is 0 Å². The van der Waals surface area contributed by atoms with Crippen molar-refractivity contribution in [3.05, 3.63) is 64.7 Å². The third-order valence-corrected chi connectivity index (χ3v) is 6.28. The van der Waals surface area contributed by atoms with Crippen LogP contribution in [0.5, 0.6) is 0 Å². The molecule has 0 radical (unpaired) electrons. The maximum atomic E-state index is 13.5. The molecule has 3 aliphatic heterocycles. The molecule has 1 N–H and O–H groups in total. The topological polar surface area (TPSA) is 86.8 Å². The minimum atomic E-state index is -1.07. The van der Waals surface area contributed by atoms with Crippen LogP contribution in [0, 0.1) is 11.8 Å². The first-order valence-electron chi connectivity index (χ1n) is 9.19. The van der Waals surface area contributed by atoms with Gasteiger partial charge < -0.3 is 10.2 Å². The Morgan fingerprint density at radius 2 is 1.48 bits per heavy atom. The maximum absolute atomic E-state index is 13.5. The van der Waals surface area contributed by atoms with E-state index in [9.17, 15) is 19.2 Å². The van der Waals surface area contributed by atoms with E-state index >= 15 is 0 Å². The molecule has 3 heterocycles. The van der Waals surface area contributed by atoms with E-state index in [0.717, 1.165) is 4.90 Å². The maximum Gasteiger partial charge on any atom is 0.257 e. The van der Waals surface area contributed by atoms with E-state index in [0.29, 0.717) is 21.8 Å². The number of halogens is 1. The van der Waals surface area contributed by atoms with Crippen molar-refractivity contribution in [1.29, 1.82) is 0 Å². The molecule has 2 aromatic rings. The molecule has 2 saturated heterocycles. The Balaban J connectivity index is 1.73. The molecule has 4 amide bonds. The first kappa shape index (κ1) is 17.9. The van der Waals surface area contributed by atoms with Crippen LogP contribution in [-0.2, 0) is 14.4 Å². The number of nitrogens with one attached hydrogen (secondary N) is 1. The van der Waals surface area contributed by atoms with Crippen molar-refractivity contribution >= 4 is 40.9 Å². The van der Waals surface area contributed by atoms with Gasteiger partial charge in [-0.25, -0.2) is 0 Å². The van der Waals surface area contributed by atoms with E-state index in [4.69, 9.17) is 11.6 Å². The molecular formula is C21H16ClN3O4. The van der Waals surface area contributed by atoms with Gasteiger partial charge in [0, 0.05) is 12.1 Å². The number of hydrogen-bond donors (Lipinski definition) is 1. The molecule has 8 heteroatoms. The van der Waals surface area contributed by atoms with Crippen molar-refractivity contribution in [2.24, 2.45) is 11.8 Å². The Hall–Kier alpha value is -3.19. The van der Waals surface area contributed by atoms with E-state index in [2.05, 4.69) is 5.32 Å². The van der Waals surface area contributed by atoms with Gasteiger partial charge in [-0.2, -0.15) is 0 Å². The third kappa shape index (κ3) is 2.37. The van der Waals surface area contributed by atoms with Gasteiger partial charge in [-0.3, -0.25) is 24.1 Å². The van der Waals surface area contributed by atoms with Crippen LogP contribution in [-0.4, -0.2) is 46.5 Å². The lowest BCUT2D eigenvalue weighted by Crippen LogP contribution is -2.47. The van der Waals surface area contributed by atoms with E-state index in [-0.39, 0.29) is 11.8 Å². The highest BCUT2D eigenvalue weighted by molar-refractivity contribution is 6.30. The molecule has 2 fully saturated rings. The van der Waals surface area contributed by atoms with Crippen molar-refractivity contribution in [3.8, 4) is 0 Å². The minimum absolute atomic E-state index is 0.329. The fourth-order valence-electron chi connectivity index (χ4n) is 4.74. The molecule has 0 saturated carbocycles. The summed E-state index contributed by atoms with van der Waals surface area (Å²) in [7, 11) is 1.41. The fourth-order valence-corrected chi connectivity index (χ4v) is 4.87. The molecule has 2 aromatic carbocycles. The number of para-hydroxylation sites is 1. The summed E-state index contributed by atoms with van der Waals surface area (Å²) in [6.45, 7) is 0. The zero-order chi connectivity index (χ0) is 20.4. The van der Waals surface area contributed by atoms with Crippen molar-refractivity contribution in [2.75, 3.05) is 12.4 Å². The summed E-state index contributed by atoms with van der Waals surface area (Å²) >= 11 is 6.01. The lowest BCUT2D eigenvalue weighted by molar-refractivity contribution is -0.141. The predicted molar refractivity (Wildman–Crippen MR) is 104 cm³/mol. The average molecular weight is 410 g/mol. The standard InChI is InChI=1S/C21H16ClN3O4/c1-24-20(28)14-15(21(24)29)17-18(26)23-13-5-3-2-4-12(13)19(27)25(17)16(14)10-6-8-11(22)9-7-10/h2-9,14-17H,1H3,(H,23,26)/t14-,15+,16-,17-/m1/s1. The molecule has 0 spiro atoms. The van der Waals surface area contributed by atoms with Crippen LogP contribution in [0.2, 0.25) is 5.02 Å². The number of likely N-dealkylation sites (tertiary alicyclic amines) is 1. The van der Waals surface area contributed by atoms with Crippen molar-refractivity contribution < 1.29 is 19.2 Å². The second-order valence-corrected chi connectivity index (χ2v) is 7.91. The summed E-state index contributed by atoms with van der Waals surface area (Å²) in [5.41, 5.74) is 1.38. The molecule has 0 bridgehead atoms. The quantitative estimate of drug-likeness (QED) is 0.731. The highest BCUT2D eigenvalue weighted by Gasteiger charge is 2.65. The summed E-state index contributed by atoms with van der Waals surface area (Å²) in [5.74, 6) is -3.43. The van der Waals surface area contributed by atoms with Gasteiger partial charge in [0.1, 0.15) is 6.04 Å². The molecule has 0 aromatic heterocycles. The Morgan fingerprint density at radius 1 is 0.862 bits per heavy atom. The Kier molecular flexibility index (Phi) is 3.79. The Morgan fingerprint density at radius 3 is 2.17 bits per heavy atom. The second-order valence-electron chi connectivity index (χ2n) is 7.48. The van der Waals surface area contributed by atoms with E-state index in [1.807, 2.05) is 0 Å². The second kappa shape index (κ2) is 6.15. The van der Waals surface area contributed by atoms with Crippen LogP contribution in [0.4, 0.5) is 5.69 Å². The lowest BCUT2D eigenvalue weighted by Gasteiger charge is -2.31. The van der Waals surface area contributed by atoms with Crippen molar-refractivity contribution in [1.82, 2.24) is 9.80 Å². The molecule has 5 rings (SSSR count). The largest absolute Gasteiger partial charge is 0.324 e. The predicted octanol–water partition coefficient (Wildman–Crippen LogP) is 2.09. The first-order valence-corrected chi connectivity index (χ1v) is 9.57. The molecule has 0 aliphatic carbocycles. The van der Waals surface area contributed by atoms with Crippen LogP contribution in [0.25, 0.3) is 0 Å². The number of benzene rings is 2. The number of fused-ring (bicyclic) bond motifs is 4. The monoisotopic (exact) mass is 409 g/mol. The van der Waals surface area contributed by atoms with Gasteiger partial charge in [-0.1, -0.05) is 35.9 Å². The van der Waals surface area contributed by atoms with Crippen molar-refractivity contribution in [2.45, 2.75) is 12.1 Å². The summed E-state index contributed by atoms with van der Waals surface area (Å²) < 4.78 is 0. The summed E-state index contributed by atoms with van der Waals surface area (Å²) in [5, 5.41) is 3.27. The summed E-state index contributed by atoms with van der Waals surface area (Å²) in [6.07, 6.45) is 0. The Labute approximate surface area is 171 Å². The molecule has 7 nitrogen and oxygen atoms in total. The zero-order valence-electron chi connectivity index (χ0n) is 15.3. The van der Waals surface area contributed by atoms with Gasteiger partial charge in [-0.15, -0.1) is 0 Å². The molecule has 29 heavy (non-hydrogen) atoms. The number of carbonyl (C=O) groups is 4. The highest BCUT2D eigenvalue weighted by atomic mass is 35.5. The number of carbonyl (C=O) groups excluding carboxylic acids is 4. The van der Waals surface area contributed by atoms with Gasteiger partial charge in [0.15, 0.2) is 0 Å². The van der Waals surface area contributed by atoms with Gasteiger partial charge >= 0.3 is 0 Å². The van der Waals surface area contributed by atoms with E-state index in [1.54, 1.807) is 48.5 Å². The van der Waals surface area contributed by atoms with Crippen LogP contribution < -0.4 is 5.32 Å². The van der Waals surface area contributed by atoms with Crippen LogP contribution in [0.15, 0.2) is 48.5 Å². The number of amides is 4. The number of hydrogen-bond acceptors (Lipinski definition) is 4. The average Bonchev–Trinajstić information content (AvgIpc) is 3.14. The van der Waals surface area contributed by atoms with Gasteiger partial charge in [0.05, 0.1) is 29.1 Å². The minimum Gasteiger partial charge on any atom is -0.324 e. The molecule has 3 aliphatic rings. The molecule has 4 atom stereocenters. The third-order valence-electron chi connectivity index (χ3n) is 6.03. The van der Waals surface area contributed by atoms with Crippen LogP contribution >= 0.6 is 11.6 Å². The van der Waals surface area contributed by atoms with Gasteiger partial charge in [0.2, 0.25) is 17.7 Å². The molecule has 0 unspecified atom stereocenters. The zero-order valence-corrected chi connectivity index (χ0v) is 16.1. The summed E-state index contributed by atoms with van der Waals surface area (Å²) in [6, 6.07) is 11.7. The number of rotatable bonds is 1. The number of imide groups is 1. The lowest BCUT2D eigenvalue weighted by atomic mass is 9.86. The summed E-state index contributed by atoms with van der Waals surface area (Å²) in [4.78, 5) is 54.9. The van der Waals surface area contributed by atoms with Gasteiger partial charge in [-0.05, 0) is 29.8 Å². The van der Waals surface area contributed by atoms with E-state index in [1.165, 1.54) is 11.9 Å². The fraction of sp³-hybridized carbons (Fsp3) is 0.238. The Bertz CT molecular complexity index is 1080. The SMILES string of the molecule is CN1C(=O)[C@@H]2[C@H](C1=O)[C@@H]1C(=O)Nc3ccccc3C(=O)N1[C@@H]2c1ccc(Cl)cc1. The number of nitrogens with zero attached hydrogens (tertiary/aromatic N) is 2. The van der Waals surface area contributed by atoms with E-state index < -0.39 is 35.7 Å².